The predicted octanol–water partition coefficient (Wildman–Crippen LogP) is 1.41. The lowest BCUT2D eigenvalue weighted by Gasteiger charge is -2.13. The Morgan fingerprint density at radius 3 is 2.52 bits per heavy atom. The molecule has 0 unspecified atom stereocenters. The number of carbonyl (C=O) groups is 1. The lowest BCUT2D eigenvalue weighted by Crippen LogP contribution is -3.08. The third-order valence-corrected chi connectivity index (χ3v) is 5.11. The molecule has 0 aliphatic carbocycles. The van der Waals surface area contributed by atoms with E-state index in [2.05, 4.69) is 17.4 Å². The summed E-state index contributed by atoms with van der Waals surface area (Å²) in [5.74, 6) is -1.34. The SMILES string of the molecule is C[C@H]([NH2+]CC(=O)Nc1ccc(C[NH+]2CCCC2)cc1)c1ccc(F)cc1F. The molecule has 0 bridgehead atoms. The van der Waals surface area contributed by atoms with E-state index in [1.54, 1.807) is 17.1 Å². The summed E-state index contributed by atoms with van der Waals surface area (Å²) in [5, 5.41) is 4.60. The number of hydrogen-bond acceptors (Lipinski definition) is 1. The zero-order valence-electron chi connectivity index (χ0n) is 15.6. The zero-order chi connectivity index (χ0) is 19.2. The van der Waals surface area contributed by atoms with Crippen molar-refractivity contribution in [2.24, 2.45) is 0 Å². The number of nitrogens with two attached hydrogens (primary N) is 1. The molecule has 4 N–H and O–H groups in total. The van der Waals surface area contributed by atoms with Crippen LogP contribution in [0.2, 0.25) is 0 Å². The first-order valence-corrected chi connectivity index (χ1v) is 9.52. The molecule has 6 heteroatoms. The minimum Gasteiger partial charge on any atom is -0.332 e. The van der Waals surface area contributed by atoms with Crippen LogP contribution in [0.5, 0.6) is 0 Å². The van der Waals surface area contributed by atoms with E-state index in [0.717, 1.165) is 18.3 Å². The number of hydrogen-bond donors (Lipinski definition) is 3. The van der Waals surface area contributed by atoms with Crippen LogP contribution in [-0.2, 0) is 11.3 Å². The van der Waals surface area contributed by atoms with E-state index >= 15 is 0 Å². The van der Waals surface area contributed by atoms with E-state index in [0.29, 0.717) is 5.56 Å². The number of halogens is 2. The summed E-state index contributed by atoms with van der Waals surface area (Å²) in [6.07, 6.45) is 2.61. The first-order chi connectivity index (χ1) is 13.0. The van der Waals surface area contributed by atoms with Crippen LogP contribution in [0.15, 0.2) is 42.5 Å². The lowest BCUT2D eigenvalue weighted by atomic mass is 10.1. The Bertz CT molecular complexity index is 773. The van der Waals surface area contributed by atoms with Gasteiger partial charge in [-0.15, -0.1) is 0 Å². The minimum atomic E-state index is -0.601. The van der Waals surface area contributed by atoms with Gasteiger partial charge in [-0.3, -0.25) is 4.79 Å². The second kappa shape index (κ2) is 9.06. The third kappa shape index (κ3) is 5.58. The summed E-state index contributed by atoms with van der Waals surface area (Å²) < 4.78 is 26.8. The molecule has 1 heterocycles. The third-order valence-electron chi connectivity index (χ3n) is 5.11. The molecular formula is C21H27F2N3O+2. The standard InChI is InChI=1S/C21H25F2N3O/c1-15(19-9-6-17(22)12-20(19)23)24-13-21(27)25-18-7-4-16(5-8-18)14-26-10-2-3-11-26/h4-9,12,15,24H,2-3,10-11,13-14H2,1H3,(H,25,27)/p+2/t15-/m0/s1. The smallest absolute Gasteiger partial charge is 0.279 e. The van der Waals surface area contributed by atoms with Crippen LogP contribution in [0.3, 0.4) is 0 Å². The fraction of sp³-hybridized carbons (Fsp3) is 0.381. The van der Waals surface area contributed by atoms with Gasteiger partial charge in [0.05, 0.1) is 13.1 Å². The van der Waals surface area contributed by atoms with E-state index in [1.165, 1.54) is 43.6 Å². The molecule has 1 saturated heterocycles. The number of quaternary nitrogens is 2. The van der Waals surface area contributed by atoms with Gasteiger partial charge >= 0.3 is 0 Å². The maximum atomic E-state index is 13.8. The molecule has 27 heavy (non-hydrogen) atoms. The average molecular weight is 375 g/mol. The fourth-order valence-corrected chi connectivity index (χ4v) is 3.54. The summed E-state index contributed by atoms with van der Waals surface area (Å²) in [4.78, 5) is 13.8. The number of nitrogens with one attached hydrogen (secondary N) is 2. The second-order valence-electron chi connectivity index (χ2n) is 7.27. The van der Waals surface area contributed by atoms with Crippen LogP contribution in [-0.4, -0.2) is 25.5 Å². The van der Waals surface area contributed by atoms with Crippen LogP contribution in [0.1, 0.15) is 36.9 Å². The largest absolute Gasteiger partial charge is 0.332 e. The average Bonchev–Trinajstić information content (AvgIpc) is 3.14. The Labute approximate surface area is 158 Å². The number of amides is 1. The molecule has 1 atom stereocenters. The van der Waals surface area contributed by atoms with E-state index in [9.17, 15) is 13.6 Å². The molecule has 144 valence electrons. The molecule has 0 aromatic heterocycles. The number of carbonyl (C=O) groups excluding carboxylic acids is 1. The molecule has 3 rings (SSSR count). The molecule has 4 nitrogen and oxygen atoms in total. The van der Waals surface area contributed by atoms with Gasteiger partial charge in [0, 0.05) is 35.7 Å². The minimum absolute atomic E-state index is 0.151. The van der Waals surface area contributed by atoms with E-state index < -0.39 is 11.6 Å². The maximum absolute atomic E-state index is 13.8. The van der Waals surface area contributed by atoms with E-state index in [4.69, 9.17) is 0 Å². The summed E-state index contributed by atoms with van der Waals surface area (Å²) in [6.45, 7) is 5.46. The van der Waals surface area contributed by atoms with Crippen molar-refractivity contribution in [3.05, 3.63) is 65.2 Å². The Morgan fingerprint density at radius 2 is 1.85 bits per heavy atom. The Morgan fingerprint density at radius 1 is 1.15 bits per heavy atom. The number of anilines is 1. The van der Waals surface area contributed by atoms with Crippen LogP contribution in [0, 0.1) is 11.6 Å². The maximum Gasteiger partial charge on any atom is 0.279 e. The first-order valence-electron chi connectivity index (χ1n) is 9.52. The van der Waals surface area contributed by atoms with Crippen molar-refractivity contribution >= 4 is 11.6 Å². The molecule has 0 spiro atoms. The highest BCUT2D eigenvalue weighted by Crippen LogP contribution is 2.14. The highest BCUT2D eigenvalue weighted by atomic mass is 19.1. The van der Waals surface area contributed by atoms with Crippen LogP contribution in [0.4, 0.5) is 14.5 Å². The highest BCUT2D eigenvalue weighted by Gasteiger charge is 2.17. The Kier molecular flexibility index (Phi) is 6.53. The number of rotatable bonds is 7. The van der Waals surface area contributed by atoms with Crippen molar-refractivity contribution in [1.82, 2.24) is 0 Å². The van der Waals surface area contributed by atoms with Gasteiger partial charge in [0.2, 0.25) is 0 Å². The molecule has 1 fully saturated rings. The summed E-state index contributed by atoms with van der Waals surface area (Å²) in [6, 6.07) is 11.2. The summed E-state index contributed by atoms with van der Waals surface area (Å²) >= 11 is 0. The van der Waals surface area contributed by atoms with Gasteiger partial charge < -0.3 is 15.5 Å². The molecular weight excluding hydrogens is 348 g/mol. The second-order valence-corrected chi connectivity index (χ2v) is 7.27. The monoisotopic (exact) mass is 375 g/mol. The van der Waals surface area contributed by atoms with Gasteiger partial charge in [-0.05, 0) is 31.2 Å². The van der Waals surface area contributed by atoms with E-state index in [-0.39, 0.29) is 18.5 Å². The topological polar surface area (TPSA) is 50.1 Å². The van der Waals surface area contributed by atoms with Crippen LogP contribution in [0.25, 0.3) is 0 Å². The lowest BCUT2D eigenvalue weighted by molar-refractivity contribution is -0.901. The van der Waals surface area contributed by atoms with Crippen molar-refractivity contribution in [1.29, 1.82) is 0 Å². The van der Waals surface area contributed by atoms with E-state index in [1.807, 2.05) is 12.1 Å². The summed E-state index contributed by atoms with van der Waals surface area (Å²) in [5.41, 5.74) is 2.42. The van der Waals surface area contributed by atoms with Crippen molar-refractivity contribution in [2.45, 2.75) is 32.4 Å². The van der Waals surface area contributed by atoms with Gasteiger partial charge in [0.15, 0.2) is 6.54 Å². The molecule has 1 amide bonds. The number of benzene rings is 2. The zero-order valence-corrected chi connectivity index (χ0v) is 15.6. The normalized spacial score (nSPS) is 15.7. The molecule has 1 aliphatic rings. The van der Waals surface area contributed by atoms with Crippen molar-refractivity contribution in [2.75, 3.05) is 25.0 Å². The van der Waals surface area contributed by atoms with Crippen molar-refractivity contribution < 1.29 is 23.8 Å². The van der Waals surface area contributed by atoms with Crippen molar-refractivity contribution in [3.8, 4) is 0 Å². The number of likely N-dealkylation sites (tertiary alicyclic amines) is 1. The van der Waals surface area contributed by atoms with Gasteiger partial charge in [0.25, 0.3) is 5.91 Å². The molecule has 2 aromatic rings. The Balaban J connectivity index is 1.47. The Hall–Kier alpha value is -2.31. The van der Waals surface area contributed by atoms with Crippen LogP contribution < -0.4 is 15.5 Å². The van der Waals surface area contributed by atoms with Gasteiger partial charge in [-0.1, -0.05) is 12.1 Å². The first kappa shape index (κ1) is 19.5. The van der Waals surface area contributed by atoms with Gasteiger partial charge in [-0.2, -0.15) is 0 Å². The van der Waals surface area contributed by atoms with Crippen molar-refractivity contribution in [3.63, 3.8) is 0 Å². The predicted molar refractivity (Wildman–Crippen MR) is 100 cm³/mol. The molecule has 0 radical (unpaired) electrons. The molecule has 2 aromatic carbocycles. The molecule has 0 saturated carbocycles. The fourth-order valence-electron chi connectivity index (χ4n) is 3.54. The highest BCUT2D eigenvalue weighted by molar-refractivity contribution is 5.91. The molecule has 1 aliphatic heterocycles. The van der Waals surface area contributed by atoms with Gasteiger partial charge in [-0.25, -0.2) is 8.78 Å². The van der Waals surface area contributed by atoms with Crippen LogP contribution >= 0.6 is 0 Å². The summed E-state index contributed by atoms with van der Waals surface area (Å²) in [7, 11) is 0. The quantitative estimate of drug-likeness (QED) is 0.673. The van der Waals surface area contributed by atoms with Gasteiger partial charge in [0.1, 0.15) is 24.2 Å².